The van der Waals surface area contributed by atoms with Gasteiger partial charge in [-0.25, -0.2) is 8.78 Å². The third-order valence-electron chi connectivity index (χ3n) is 3.67. The van der Waals surface area contributed by atoms with Crippen LogP contribution in [0.5, 0.6) is 11.5 Å². The fourth-order valence-corrected chi connectivity index (χ4v) is 2.36. The molecule has 0 saturated heterocycles. The lowest BCUT2D eigenvalue weighted by Crippen LogP contribution is -2.07. The molecule has 27 heavy (non-hydrogen) atoms. The van der Waals surface area contributed by atoms with Crippen LogP contribution < -0.4 is 20.1 Å². The molecule has 0 aliphatic heterocycles. The maximum atomic E-state index is 13.7. The molecule has 0 atom stereocenters. The number of hydrogen-bond acceptors (Lipinski definition) is 7. The van der Waals surface area contributed by atoms with E-state index in [2.05, 4.69) is 25.8 Å². The van der Waals surface area contributed by atoms with Crippen molar-refractivity contribution in [3.05, 3.63) is 59.8 Å². The first-order chi connectivity index (χ1) is 13.1. The van der Waals surface area contributed by atoms with Crippen LogP contribution in [0.15, 0.2) is 42.6 Å². The molecular weight excluding hydrogens is 356 g/mol. The third-order valence-corrected chi connectivity index (χ3v) is 3.67. The molecule has 0 amide bonds. The van der Waals surface area contributed by atoms with Crippen molar-refractivity contribution in [1.82, 2.24) is 15.2 Å². The number of benzene rings is 2. The Balaban J connectivity index is 1.71. The highest BCUT2D eigenvalue weighted by Crippen LogP contribution is 2.28. The van der Waals surface area contributed by atoms with Crippen molar-refractivity contribution in [2.45, 2.75) is 6.54 Å². The molecule has 140 valence electrons. The van der Waals surface area contributed by atoms with Gasteiger partial charge in [0.25, 0.3) is 0 Å². The highest BCUT2D eigenvalue weighted by atomic mass is 19.1. The smallest absolute Gasteiger partial charge is 0.244 e. The maximum Gasteiger partial charge on any atom is 0.244 e. The number of nitrogens with one attached hydrogen (secondary N) is 2. The Labute approximate surface area is 154 Å². The molecule has 7 nitrogen and oxygen atoms in total. The van der Waals surface area contributed by atoms with E-state index in [1.54, 1.807) is 20.3 Å². The topological polar surface area (TPSA) is 81.2 Å². The lowest BCUT2D eigenvalue weighted by molar-refractivity contribution is 0.354. The number of nitrogens with zero attached hydrogens (tertiary/aromatic N) is 3. The maximum absolute atomic E-state index is 13.7. The molecule has 0 radical (unpaired) electrons. The van der Waals surface area contributed by atoms with Gasteiger partial charge in [-0.3, -0.25) is 0 Å². The molecule has 0 aliphatic carbocycles. The second-order valence-corrected chi connectivity index (χ2v) is 5.43. The summed E-state index contributed by atoms with van der Waals surface area (Å²) in [7, 11) is 3.12. The van der Waals surface area contributed by atoms with Crippen LogP contribution in [0.1, 0.15) is 5.56 Å². The fourth-order valence-electron chi connectivity index (χ4n) is 2.36. The Morgan fingerprint density at radius 3 is 2.44 bits per heavy atom. The highest BCUT2D eigenvalue weighted by Gasteiger charge is 2.10. The molecule has 0 spiro atoms. The number of ether oxygens (including phenoxy) is 2. The van der Waals surface area contributed by atoms with Crippen molar-refractivity contribution < 1.29 is 18.3 Å². The number of hydrogen-bond donors (Lipinski definition) is 2. The summed E-state index contributed by atoms with van der Waals surface area (Å²) in [6.07, 6.45) is 1.27. The fraction of sp³-hybridized carbons (Fsp3) is 0.167. The Morgan fingerprint density at radius 1 is 1.00 bits per heavy atom. The first-order valence-corrected chi connectivity index (χ1v) is 7.96. The van der Waals surface area contributed by atoms with E-state index in [0.29, 0.717) is 18.0 Å². The Morgan fingerprint density at radius 2 is 1.74 bits per heavy atom. The molecule has 1 heterocycles. The molecule has 9 heteroatoms. The van der Waals surface area contributed by atoms with Crippen LogP contribution in [-0.2, 0) is 6.54 Å². The van der Waals surface area contributed by atoms with E-state index in [-0.39, 0.29) is 17.5 Å². The summed E-state index contributed by atoms with van der Waals surface area (Å²) in [5, 5.41) is 13.2. The predicted molar refractivity (Wildman–Crippen MR) is 96.3 cm³/mol. The third kappa shape index (κ3) is 4.38. The summed E-state index contributed by atoms with van der Waals surface area (Å²) in [6, 6.07) is 9.04. The average Bonchev–Trinajstić information content (AvgIpc) is 2.69. The highest BCUT2D eigenvalue weighted by molar-refractivity contribution is 5.57. The zero-order chi connectivity index (χ0) is 19.2. The SMILES string of the molecule is COc1ccc(CNc2nncc(Nc3c(F)cccc3F)n2)cc1OC. The van der Waals surface area contributed by atoms with Crippen molar-refractivity contribution in [2.75, 3.05) is 24.9 Å². The molecule has 0 aliphatic rings. The molecule has 1 aromatic heterocycles. The normalized spacial score (nSPS) is 10.4. The molecule has 0 fully saturated rings. The summed E-state index contributed by atoms with van der Waals surface area (Å²) in [5.74, 6) is 0.121. The quantitative estimate of drug-likeness (QED) is 0.656. The van der Waals surface area contributed by atoms with Crippen LogP contribution in [0, 0.1) is 11.6 Å². The van der Waals surface area contributed by atoms with E-state index >= 15 is 0 Å². The molecular formula is C18H17F2N5O2. The van der Waals surface area contributed by atoms with Gasteiger partial charge in [0, 0.05) is 6.54 Å². The van der Waals surface area contributed by atoms with Gasteiger partial charge in [0.05, 0.1) is 20.4 Å². The minimum atomic E-state index is -0.728. The van der Waals surface area contributed by atoms with Gasteiger partial charge in [-0.1, -0.05) is 12.1 Å². The number of rotatable bonds is 7. The molecule has 0 bridgehead atoms. The Hall–Kier alpha value is -3.49. The average molecular weight is 373 g/mol. The Kier molecular flexibility index (Phi) is 5.60. The Bertz CT molecular complexity index is 919. The zero-order valence-electron chi connectivity index (χ0n) is 14.7. The van der Waals surface area contributed by atoms with Crippen molar-refractivity contribution in [3.63, 3.8) is 0 Å². The van der Waals surface area contributed by atoms with Gasteiger partial charge in [0.15, 0.2) is 17.3 Å². The van der Waals surface area contributed by atoms with E-state index in [9.17, 15) is 8.78 Å². The summed E-state index contributed by atoms with van der Waals surface area (Å²) in [6.45, 7) is 0.388. The van der Waals surface area contributed by atoms with Crippen molar-refractivity contribution in [3.8, 4) is 11.5 Å². The van der Waals surface area contributed by atoms with Gasteiger partial charge in [-0.05, 0) is 29.8 Å². The van der Waals surface area contributed by atoms with Crippen molar-refractivity contribution >= 4 is 17.5 Å². The number of para-hydroxylation sites is 1. The van der Waals surface area contributed by atoms with E-state index in [1.807, 2.05) is 12.1 Å². The van der Waals surface area contributed by atoms with Gasteiger partial charge < -0.3 is 20.1 Å². The number of aromatic nitrogens is 3. The van der Waals surface area contributed by atoms with Gasteiger partial charge >= 0.3 is 0 Å². The van der Waals surface area contributed by atoms with E-state index in [4.69, 9.17) is 9.47 Å². The summed E-state index contributed by atoms with van der Waals surface area (Å²) < 4.78 is 37.9. The van der Waals surface area contributed by atoms with Gasteiger partial charge in [-0.15, -0.1) is 5.10 Å². The molecule has 2 N–H and O–H groups in total. The van der Waals surface area contributed by atoms with Gasteiger partial charge in [-0.2, -0.15) is 10.1 Å². The van der Waals surface area contributed by atoms with E-state index in [0.717, 1.165) is 17.7 Å². The summed E-state index contributed by atoms with van der Waals surface area (Å²) in [5.41, 5.74) is 0.596. The number of halogens is 2. The molecule has 0 unspecified atom stereocenters. The van der Waals surface area contributed by atoms with E-state index in [1.165, 1.54) is 12.3 Å². The monoisotopic (exact) mass is 373 g/mol. The largest absolute Gasteiger partial charge is 0.493 e. The zero-order valence-corrected chi connectivity index (χ0v) is 14.7. The first kappa shape index (κ1) is 18.3. The summed E-state index contributed by atoms with van der Waals surface area (Å²) in [4.78, 5) is 4.16. The molecule has 3 rings (SSSR count). The molecule has 2 aromatic carbocycles. The van der Waals surface area contributed by atoms with Crippen LogP contribution in [0.4, 0.5) is 26.2 Å². The van der Waals surface area contributed by atoms with Crippen LogP contribution in [0.25, 0.3) is 0 Å². The minimum absolute atomic E-state index is 0.156. The van der Waals surface area contributed by atoms with Crippen molar-refractivity contribution in [1.29, 1.82) is 0 Å². The summed E-state index contributed by atoms with van der Waals surface area (Å²) >= 11 is 0. The van der Waals surface area contributed by atoms with Crippen molar-refractivity contribution in [2.24, 2.45) is 0 Å². The molecule has 3 aromatic rings. The number of anilines is 3. The molecule has 0 saturated carbocycles. The number of methoxy groups -OCH3 is 2. The lowest BCUT2D eigenvalue weighted by atomic mass is 10.2. The van der Waals surface area contributed by atoms with Gasteiger partial charge in [0.1, 0.15) is 17.3 Å². The van der Waals surface area contributed by atoms with E-state index < -0.39 is 11.6 Å². The predicted octanol–water partition coefficient (Wildman–Crippen LogP) is 3.52. The van der Waals surface area contributed by atoms with Crippen LogP contribution >= 0.6 is 0 Å². The second kappa shape index (κ2) is 8.26. The van der Waals surface area contributed by atoms with Crippen LogP contribution in [0.2, 0.25) is 0 Å². The van der Waals surface area contributed by atoms with Crippen LogP contribution in [0.3, 0.4) is 0 Å². The van der Waals surface area contributed by atoms with Gasteiger partial charge in [0.2, 0.25) is 5.95 Å². The first-order valence-electron chi connectivity index (χ1n) is 7.96. The standard InChI is InChI=1S/C18H17F2N5O2/c1-26-14-7-6-11(8-15(14)27-2)9-21-18-24-16(10-22-25-18)23-17-12(19)4-3-5-13(17)20/h3-8,10H,9H2,1-2H3,(H2,21,23,24,25). The lowest BCUT2D eigenvalue weighted by Gasteiger charge is -2.11. The van der Waals surface area contributed by atoms with Crippen LogP contribution in [-0.4, -0.2) is 29.4 Å². The minimum Gasteiger partial charge on any atom is -0.493 e. The second-order valence-electron chi connectivity index (χ2n) is 5.43.